The van der Waals surface area contributed by atoms with E-state index >= 15 is 0 Å². The summed E-state index contributed by atoms with van der Waals surface area (Å²) in [6.45, 7) is 5.73. The van der Waals surface area contributed by atoms with Crippen LogP contribution in [-0.4, -0.2) is 34.9 Å². The summed E-state index contributed by atoms with van der Waals surface area (Å²) in [6, 6.07) is 2.01. The number of likely N-dealkylation sites (N-methyl/N-ethyl adjacent to an activating group) is 1. The second-order valence-corrected chi connectivity index (χ2v) is 5.57. The third-order valence-electron chi connectivity index (χ3n) is 4.48. The first-order valence-corrected chi connectivity index (χ1v) is 7.46. The number of carbonyl (C=O) groups is 1. The molecular formula is C15H25N3O2. The third kappa shape index (κ3) is 2.73. The van der Waals surface area contributed by atoms with Crippen LogP contribution in [0.15, 0.2) is 12.3 Å². The number of ether oxygens (including phenoxy) is 1. The molecule has 20 heavy (non-hydrogen) atoms. The zero-order valence-corrected chi connectivity index (χ0v) is 12.7. The molecule has 1 aliphatic rings. The fourth-order valence-corrected chi connectivity index (χ4v) is 3.45. The van der Waals surface area contributed by atoms with Gasteiger partial charge in [-0.3, -0.25) is 9.48 Å². The van der Waals surface area contributed by atoms with E-state index in [4.69, 9.17) is 4.74 Å². The summed E-state index contributed by atoms with van der Waals surface area (Å²) in [5, 5.41) is 7.71. The Bertz CT molecular complexity index is 458. The van der Waals surface area contributed by atoms with E-state index < -0.39 is 5.54 Å². The first-order chi connectivity index (χ1) is 9.64. The highest BCUT2D eigenvalue weighted by Gasteiger charge is 2.48. The van der Waals surface area contributed by atoms with Crippen LogP contribution >= 0.6 is 0 Å². The molecule has 2 atom stereocenters. The minimum atomic E-state index is -0.495. The highest BCUT2D eigenvalue weighted by molar-refractivity contribution is 5.81. The Balaban J connectivity index is 2.08. The summed E-state index contributed by atoms with van der Waals surface area (Å²) in [7, 11) is 1.48. The number of hydrogen-bond donors (Lipinski definition) is 1. The van der Waals surface area contributed by atoms with Crippen LogP contribution < -0.4 is 5.32 Å². The fourth-order valence-electron chi connectivity index (χ4n) is 3.45. The van der Waals surface area contributed by atoms with Gasteiger partial charge in [0, 0.05) is 18.4 Å². The molecule has 1 aromatic rings. The molecule has 2 rings (SSSR count). The summed E-state index contributed by atoms with van der Waals surface area (Å²) < 4.78 is 7.06. The van der Waals surface area contributed by atoms with Gasteiger partial charge in [0.05, 0.1) is 7.11 Å². The number of aromatic nitrogens is 2. The van der Waals surface area contributed by atoms with Gasteiger partial charge in [-0.15, -0.1) is 0 Å². The highest BCUT2D eigenvalue weighted by atomic mass is 16.5. The maximum absolute atomic E-state index is 12.3. The van der Waals surface area contributed by atoms with E-state index in [2.05, 4.69) is 17.3 Å². The number of carbonyl (C=O) groups excluding carboxylic acids is 1. The van der Waals surface area contributed by atoms with Gasteiger partial charge in [0.1, 0.15) is 5.54 Å². The zero-order valence-electron chi connectivity index (χ0n) is 12.7. The van der Waals surface area contributed by atoms with Gasteiger partial charge in [-0.05, 0) is 44.7 Å². The number of hydrogen-bond acceptors (Lipinski definition) is 4. The predicted molar refractivity (Wildman–Crippen MR) is 77.3 cm³/mol. The largest absolute Gasteiger partial charge is 0.468 e. The number of nitrogens with one attached hydrogen (secondary N) is 1. The molecule has 1 heterocycles. The number of rotatable bonds is 6. The Kier molecular flexibility index (Phi) is 4.81. The van der Waals surface area contributed by atoms with Crippen LogP contribution in [0.4, 0.5) is 0 Å². The minimum absolute atomic E-state index is 0.112. The quantitative estimate of drug-likeness (QED) is 0.808. The van der Waals surface area contributed by atoms with Crippen molar-refractivity contribution in [2.45, 2.75) is 51.6 Å². The van der Waals surface area contributed by atoms with Gasteiger partial charge in [0.25, 0.3) is 0 Å². The second kappa shape index (κ2) is 6.39. The fraction of sp³-hybridized carbons (Fsp3) is 0.733. The first-order valence-electron chi connectivity index (χ1n) is 7.46. The summed E-state index contributed by atoms with van der Waals surface area (Å²) in [5.41, 5.74) is 0.667. The van der Waals surface area contributed by atoms with Crippen molar-refractivity contribution in [2.75, 3.05) is 13.7 Å². The number of aryl methyl sites for hydroxylation is 2. The number of esters is 1. The molecule has 0 bridgehead atoms. The van der Waals surface area contributed by atoms with Crippen molar-refractivity contribution < 1.29 is 9.53 Å². The van der Waals surface area contributed by atoms with E-state index in [1.807, 2.05) is 23.9 Å². The van der Waals surface area contributed by atoms with Gasteiger partial charge in [0.2, 0.25) is 0 Å². The lowest BCUT2D eigenvalue weighted by molar-refractivity contribution is -0.150. The summed E-state index contributed by atoms with van der Waals surface area (Å²) in [4.78, 5) is 12.3. The molecule has 0 saturated heterocycles. The van der Waals surface area contributed by atoms with Gasteiger partial charge < -0.3 is 10.1 Å². The average Bonchev–Trinajstić information content (AvgIpc) is 3.03. The molecule has 1 aromatic heterocycles. The Labute approximate surface area is 120 Å². The predicted octanol–water partition coefficient (Wildman–Crippen LogP) is 1.90. The molecule has 1 saturated carbocycles. The van der Waals surface area contributed by atoms with Gasteiger partial charge in [0.15, 0.2) is 0 Å². The standard InChI is InChI=1S/C15H25N3O2/c1-4-16-15(14(19)20-3)9-5-6-13(15)8-11-18-12(2)7-10-17-18/h7,10,13,16H,4-6,8-9,11H2,1-3H3. The van der Waals surface area contributed by atoms with Crippen LogP contribution in [0.25, 0.3) is 0 Å². The van der Waals surface area contributed by atoms with Crippen molar-refractivity contribution in [3.63, 3.8) is 0 Å². The van der Waals surface area contributed by atoms with E-state index in [9.17, 15) is 4.79 Å². The molecule has 2 unspecified atom stereocenters. The van der Waals surface area contributed by atoms with Crippen molar-refractivity contribution in [1.82, 2.24) is 15.1 Å². The monoisotopic (exact) mass is 279 g/mol. The molecule has 1 N–H and O–H groups in total. The SMILES string of the molecule is CCNC1(C(=O)OC)CCCC1CCn1nccc1C. The maximum Gasteiger partial charge on any atom is 0.326 e. The molecule has 112 valence electrons. The summed E-state index contributed by atoms with van der Waals surface area (Å²) in [6.07, 6.45) is 5.79. The Morgan fingerprint density at radius 1 is 1.65 bits per heavy atom. The molecule has 0 aliphatic heterocycles. The Morgan fingerprint density at radius 3 is 3.05 bits per heavy atom. The zero-order chi connectivity index (χ0) is 14.6. The second-order valence-electron chi connectivity index (χ2n) is 5.57. The van der Waals surface area contributed by atoms with Gasteiger partial charge in [-0.2, -0.15) is 5.10 Å². The van der Waals surface area contributed by atoms with E-state index in [1.54, 1.807) is 0 Å². The molecule has 0 spiro atoms. The van der Waals surface area contributed by atoms with Crippen LogP contribution in [0.5, 0.6) is 0 Å². The van der Waals surface area contributed by atoms with Crippen molar-refractivity contribution in [3.05, 3.63) is 18.0 Å². The van der Waals surface area contributed by atoms with Gasteiger partial charge >= 0.3 is 5.97 Å². The summed E-state index contributed by atoms with van der Waals surface area (Å²) in [5.74, 6) is 0.206. The highest BCUT2D eigenvalue weighted by Crippen LogP contribution is 2.39. The molecule has 5 heteroatoms. The molecular weight excluding hydrogens is 254 g/mol. The lowest BCUT2D eigenvalue weighted by atomic mass is 9.84. The van der Waals surface area contributed by atoms with E-state index in [1.165, 1.54) is 7.11 Å². The Morgan fingerprint density at radius 2 is 2.45 bits per heavy atom. The molecule has 0 aromatic carbocycles. The molecule has 1 fully saturated rings. The van der Waals surface area contributed by atoms with Gasteiger partial charge in [-0.1, -0.05) is 13.3 Å². The van der Waals surface area contributed by atoms with Crippen LogP contribution in [0.2, 0.25) is 0 Å². The minimum Gasteiger partial charge on any atom is -0.468 e. The first kappa shape index (κ1) is 15.0. The van der Waals surface area contributed by atoms with Crippen molar-refractivity contribution in [3.8, 4) is 0 Å². The van der Waals surface area contributed by atoms with Crippen LogP contribution in [-0.2, 0) is 16.1 Å². The van der Waals surface area contributed by atoms with E-state index in [-0.39, 0.29) is 5.97 Å². The molecule has 0 radical (unpaired) electrons. The van der Waals surface area contributed by atoms with Crippen LogP contribution in [0, 0.1) is 12.8 Å². The van der Waals surface area contributed by atoms with Crippen molar-refractivity contribution >= 4 is 5.97 Å². The maximum atomic E-state index is 12.3. The normalized spacial score (nSPS) is 25.9. The van der Waals surface area contributed by atoms with E-state index in [0.29, 0.717) is 5.92 Å². The van der Waals surface area contributed by atoms with Crippen LogP contribution in [0.1, 0.15) is 38.3 Å². The van der Waals surface area contributed by atoms with Crippen molar-refractivity contribution in [2.24, 2.45) is 5.92 Å². The van der Waals surface area contributed by atoms with E-state index in [0.717, 1.165) is 44.5 Å². The molecule has 5 nitrogen and oxygen atoms in total. The lowest BCUT2D eigenvalue weighted by Gasteiger charge is -2.33. The number of methoxy groups -OCH3 is 1. The summed E-state index contributed by atoms with van der Waals surface area (Å²) >= 11 is 0. The molecule has 0 amide bonds. The number of nitrogens with zero attached hydrogens (tertiary/aromatic N) is 2. The smallest absolute Gasteiger partial charge is 0.326 e. The molecule has 1 aliphatic carbocycles. The van der Waals surface area contributed by atoms with Gasteiger partial charge in [-0.25, -0.2) is 0 Å². The third-order valence-corrected chi connectivity index (χ3v) is 4.48. The van der Waals surface area contributed by atoms with Crippen LogP contribution in [0.3, 0.4) is 0 Å². The average molecular weight is 279 g/mol. The topological polar surface area (TPSA) is 56.1 Å². The lowest BCUT2D eigenvalue weighted by Crippen LogP contribution is -2.55. The van der Waals surface area contributed by atoms with Crippen molar-refractivity contribution in [1.29, 1.82) is 0 Å². The Hall–Kier alpha value is -1.36.